The zero-order valence-corrected chi connectivity index (χ0v) is 24.7. The first-order valence-electron chi connectivity index (χ1n) is 14.4. The van der Waals surface area contributed by atoms with E-state index in [0.29, 0.717) is 19.4 Å². The van der Waals surface area contributed by atoms with Crippen LogP contribution in [0.2, 0.25) is 0 Å². The molecule has 0 amide bonds. The van der Waals surface area contributed by atoms with Crippen molar-refractivity contribution in [3.05, 3.63) is 29.8 Å². The molecule has 0 unspecified atom stereocenters. The smallest absolute Gasteiger partial charge is 0.330 e. The number of carboxylic acid groups (broad SMARTS) is 2. The van der Waals surface area contributed by atoms with E-state index in [9.17, 15) is 29.1 Å². The van der Waals surface area contributed by atoms with Crippen molar-refractivity contribution < 1.29 is 48.8 Å². The summed E-state index contributed by atoms with van der Waals surface area (Å²) in [5.41, 5.74) is 22.6. The van der Waals surface area contributed by atoms with Crippen LogP contribution < -0.4 is 33.6 Å². The van der Waals surface area contributed by atoms with Gasteiger partial charge in [-0.25, -0.2) is 9.59 Å². The number of phenolic OH excluding ortho intramolecular Hbond substituents is 1. The Bertz CT molecular complexity index is 1050. The molecule has 2 fully saturated rings. The van der Waals surface area contributed by atoms with Crippen LogP contribution in [0.5, 0.6) is 5.75 Å². The van der Waals surface area contributed by atoms with Gasteiger partial charge < -0.3 is 58.4 Å². The second-order valence-electron chi connectivity index (χ2n) is 10.3. The molecule has 0 aromatic heterocycles. The molecule has 0 radical (unpaired) electrons. The molecule has 5 atom stereocenters. The molecule has 1 aromatic rings. The molecule has 2 heterocycles. The van der Waals surface area contributed by atoms with Crippen LogP contribution in [-0.2, 0) is 39.9 Å². The van der Waals surface area contributed by atoms with Crippen LogP contribution in [0, 0.1) is 0 Å². The van der Waals surface area contributed by atoms with Gasteiger partial charge >= 0.3 is 29.8 Å². The highest BCUT2D eigenvalue weighted by Gasteiger charge is 2.25. The normalized spacial score (nSPS) is 19.2. The van der Waals surface area contributed by atoms with Crippen molar-refractivity contribution in [1.29, 1.82) is 0 Å². The van der Waals surface area contributed by atoms with Crippen LogP contribution in [0.4, 0.5) is 0 Å². The number of hydrogen-bond acceptors (Lipinski definition) is 14. The fourth-order valence-electron chi connectivity index (χ4n) is 3.97. The number of carbonyl (C=O) groups excluding carboxylic acids is 3. The van der Waals surface area contributed by atoms with Crippen LogP contribution in [0.25, 0.3) is 0 Å². The van der Waals surface area contributed by atoms with Gasteiger partial charge in [0.15, 0.2) is 0 Å². The molecule has 248 valence electrons. The number of aliphatic carboxylic acids is 2. The topological polar surface area (TPSA) is 293 Å². The Morgan fingerprint density at radius 1 is 0.841 bits per heavy atom. The number of esters is 3. The molecule has 2 aliphatic rings. The third-order valence-electron chi connectivity index (χ3n) is 6.59. The Morgan fingerprint density at radius 2 is 1.41 bits per heavy atom. The van der Waals surface area contributed by atoms with Crippen LogP contribution >= 0.6 is 0 Å². The molecule has 0 bridgehead atoms. The lowest BCUT2D eigenvalue weighted by Gasteiger charge is -2.13. The van der Waals surface area contributed by atoms with Crippen molar-refractivity contribution in [2.24, 2.45) is 22.9 Å². The second kappa shape index (κ2) is 21.1. The Kier molecular flexibility index (Phi) is 18.4. The minimum absolute atomic E-state index is 0.124. The highest BCUT2D eigenvalue weighted by Crippen LogP contribution is 2.11. The molecule has 16 heteroatoms. The third kappa shape index (κ3) is 15.7. The van der Waals surface area contributed by atoms with Gasteiger partial charge in [0.2, 0.25) is 0 Å². The maximum absolute atomic E-state index is 11.8. The summed E-state index contributed by atoms with van der Waals surface area (Å²) < 4.78 is 9.43. The summed E-state index contributed by atoms with van der Waals surface area (Å²) in [5.74, 6) is -3.77. The van der Waals surface area contributed by atoms with E-state index < -0.39 is 48.0 Å². The molecule has 2 aliphatic heterocycles. The molecular formula is C28H46N6O10. The molecule has 1 aromatic carbocycles. The van der Waals surface area contributed by atoms with Crippen molar-refractivity contribution in [2.75, 3.05) is 26.2 Å². The van der Waals surface area contributed by atoms with Gasteiger partial charge in [0.05, 0.1) is 0 Å². The van der Waals surface area contributed by atoms with E-state index in [0.717, 1.165) is 50.8 Å². The lowest BCUT2D eigenvalue weighted by atomic mass is 10.1. The number of hydrogen-bond donors (Lipinski definition) is 9. The van der Waals surface area contributed by atoms with Crippen molar-refractivity contribution in [1.82, 2.24) is 10.6 Å². The first kappa shape index (κ1) is 38.4. The summed E-state index contributed by atoms with van der Waals surface area (Å²) in [6, 6.07) is 2.75. The summed E-state index contributed by atoms with van der Waals surface area (Å²) in [6.45, 7) is 1.91. The molecule has 44 heavy (non-hydrogen) atoms. The lowest BCUT2D eigenvalue weighted by Crippen LogP contribution is -2.40. The molecule has 0 saturated carbocycles. The van der Waals surface area contributed by atoms with E-state index in [4.69, 9.17) is 42.6 Å². The predicted molar refractivity (Wildman–Crippen MR) is 158 cm³/mol. The Morgan fingerprint density at radius 3 is 1.89 bits per heavy atom. The summed E-state index contributed by atoms with van der Waals surface area (Å²) in [4.78, 5) is 55.1. The first-order chi connectivity index (χ1) is 20.8. The molecule has 16 nitrogen and oxygen atoms in total. The molecule has 3 rings (SSSR count). The monoisotopic (exact) mass is 626 g/mol. The van der Waals surface area contributed by atoms with Crippen molar-refractivity contribution in [2.45, 2.75) is 81.6 Å². The number of benzene rings is 1. The SMILES string of the molecule is NCCCC[C@H](N)C(=O)OC(=O)[C@@H](N)Cc1ccc(O)cc1.N[C@@H](COC(=O)[C@@H]1CCCN1)C(=O)O.O=C(O)[C@@H]1CCCN1. The second-order valence-corrected chi connectivity index (χ2v) is 10.3. The van der Waals surface area contributed by atoms with Gasteiger partial charge in [0.1, 0.15) is 42.6 Å². The average molecular weight is 627 g/mol. The number of phenols is 1. The number of unbranched alkanes of at least 4 members (excludes halogenated alkanes) is 1. The fourth-order valence-corrected chi connectivity index (χ4v) is 3.97. The maximum Gasteiger partial charge on any atom is 0.330 e. The summed E-state index contributed by atoms with van der Waals surface area (Å²) in [7, 11) is 0. The van der Waals surface area contributed by atoms with E-state index >= 15 is 0 Å². The van der Waals surface area contributed by atoms with Gasteiger partial charge in [-0.3, -0.25) is 14.4 Å². The number of rotatable bonds is 13. The number of ether oxygens (including phenoxy) is 2. The van der Waals surface area contributed by atoms with Crippen LogP contribution in [0.3, 0.4) is 0 Å². The lowest BCUT2D eigenvalue weighted by molar-refractivity contribution is -0.162. The summed E-state index contributed by atoms with van der Waals surface area (Å²) >= 11 is 0. The van der Waals surface area contributed by atoms with E-state index in [1.807, 2.05) is 0 Å². The molecule has 0 aliphatic carbocycles. The number of nitrogens with one attached hydrogen (secondary N) is 2. The number of carboxylic acids is 2. The first-order valence-corrected chi connectivity index (χ1v) is 14.4. The standard InChI is InChI=1S/C15H23N3O4.C8H14N2O4.C5H9NO2/c16-8-2-1-3-12(17)14(20)22-15(21)13(18)9-10-4-6-11(19)7-5-10;9-5(7(11)12)4-14-8(13)6-2-1-3-10-6;7-5(8)4-2-1-3-6-4/h4-7,12-13,19H,1-3,8-9,16-18H2;5-6,10H,1-4,9H2,(H,11,12);4,6H,1-3H2,(H,7,8)/t12-,13-;5-,6-;4-/m000/s1. The number of aromatic hydroxyl groups is 1. The quantitative estimate of drug-likeness (QED) is 0.0670. The minimum Gasteiger partial charge on any atom is -0.508 e. The number of carbonyl (C=O) groups is 5. The van der Waals surface area contributed by atoms with Crippen LogP contribution in [0.15, 0.2) is 24.3 Å². The van der Waals surface area contributed by atoms with Gasteiger partial charge in [0, 0.05) is 0 Å². The van der Waals surface area contributed by atoms with E-state index in [1.54, 1.807) is 12.1 Å². The van der Waals surface area contributed by atoms with E-state index in [1.165, 1.54) is 12.1 Å². The summed E-state index contributed by atoms with van der Waals surface area (Å²) in [5, 5.41) is 31.8. The fraction of sp³-hybridized carbons (Fsp3) is 0.607. The predicted octanol–water partition coefficient (Wildman–Crippen LogP) is -1.70. The van der Waals surface area contributed by atoms with Gasteiger partial charge in [-0.15, -0.1) is 0 Å². The van der Waals surface area contributed by atoms with E-state index in [-0.39, 0.29) is 30.9 Å². The minimum atomic E-state index is -1.17. The zero-order chi connectivity index (χ0) is 33.1. The molecule has 0 spiro atoms. The Balaban J connectivity index is 0.000000372. The average Bonchev–Trinajstić information content (AvgIpc) is 3.73. The maximum atomic E-state index is 11.8. The highest BCUT2D eigenvalue weighted by molar-refractivity contribution is 5.90. The van der Waals surface area contributed by atoms with Gasteiger partial charge in [-0.1, -0.05) is 18.6 Å². The highest BCUT2D eigenvalue weighted by atomic mass is 16.6. The van der Waals surface area contributed by atoms with Crippen LogP contribution in [-0.4, -0.2) is 102 Å². The van der Waals surface area contributed by atoms with Crippen molar-refractivity contribution in [3.63, 3.8) is 0 Å². The largest absolute Gasteiger partial charge is 0.508 e. The van der Waals surface area contributed by atoms with Crippen molar-refractivity contribution >= 4 is 29.8 Å². The Labute approximate surface area is 255 Å². The number of nitrogens with two attached hydrogens (primary N) is 4. The molecule has 13 N–H and O–H groups in total. The van der Waals surface area contributed by atoms with Crippen LogP contribution in [0.1, 0.15) is 50.5 Å². The van der Waals surface area contributed by atoms with Gasteiger partial charge in [0.25, 0.3) is 0 Å². The summed E-state index contributed by atoms with van der Waals surface area (Å²) in [6.07, 6.45) is 5.53. The molecule has 2 saturated heterocycles. The van der Waals surface area contributed by atoms with Crippen molar-refractivity contribution in [3.8, 4) is 5.75 Å². The zero-order valence-electron chi connectivity index (χ0n) is 24.7. The van der Waals surface area contributed by atoms with E-state index in [2.05, 4.69) is 10.6 Å². The third-order valence-corrected chi connectivity index (χ3v) is 6.59. The molecular weight excluding hydrogens is 580 g/mol. The van der Waals surface area contributed by atoms with Gasteiger partial charge in [-0.05, 0) is 82.3 Å². The van der Waals surface area contributed by atoms with Gasteiger partial charge in [-0.2, -0.15) is 0 Å². The Hall–Kier alpha value is -3.67.